The molecule has 0 bridgehead atoms. The number of carbonyl (C=O) groups excluding carboxylic acids is 4. The highest BCUT2D eigenvalue weighted by atomic mass is 28.4. The van der Waals surface area contributed by atoms with Crippen LogP contribution in [-0.2, 0) is 74.7 Å². The van der Waals surface area contributed by atoms with Gasteiger partial charge in [-0.05, 0) is 41.7 Å². The molecule has 2 heterocycles. The zero-order valence-corrected chi connectivity index (χ0v) is 34.8. The van der Waals surface area contributed by atoms with E-state index < -0.39 is 81.6 Å². The average molecular weight is 815 g/mol. The summed E-state index contributed by atoms with van der Waals surface area (Å²) in [7, 11) is -2.56. The molecular weight excluding hydrogens is 761 g/mol. The number of rotatable bonds is 15. The van der Waals surface area contributed by atoms with Gasteiger partial charge in [0.1, 0.15) is 37.1 Å². The SMILES string of the molecule is CC(=N)O[C@@H]1OC(C)[C@@H](O[C@@H]2OC(COC(C)=O)[C@H](O[Si](C)(C)C(C)(C)C)C(OCc3ccccc3)[C@@H]2N=[N+]=[N-])C(OCc2ccccc2)[C@@H]1OC(C)=O.O=C=O. The molecule has 10 atom stereocenters. The molecule has 2 aliphatic heterocycles. The van der Waals surface area contributed by atoms with Gasteiger partial charge in [-0.25, -0.2) is 0 Å². The van der Waals surface area contributed by atoms with Gasteiger partial charge in [0, 0.05) is 25.7 Å². The molecule has 2 fully saturated rings. The number of hydrogen-bond acceptors (Lipinski definition) is 15. The Morgan fingerprint density at radius 1 is 0.825 bits per heavy atom. The van der Waals surface area contributed by atoms with Crippen LogP contribution >= 0.6 is 0 Å². The molecule has 312 valence electrons. The van der Waals surface area contributed by atoms with Crippen molar-refractivity contribution in [3.63, 3.8) is 0 Å². The number of hydrogen-bond donors (Lipinski definition) is 1. The molecule has 4 rings (SSSR count). The second-order valence-electron chi connectivity index (χ2n) is 15.0. The van der Waals surface area contributed by atoms with E-state index in [1.807, 2.05) is 60.7 Å². The van der Waals surface area contributed by atoms with Gasteiger partial charge < -0.3 is 42.3 Å². The first-order valence-electron chi connectivity index (χ1n) is 18.4. The lowest BCUT2D eigenvalue weighted by molar-refractivity contribution is -0.340. The molecule has 1 N–H and O–H groups in total. The predicted molar refractivity (Wildman–Crippen MR) is 205 cm³/mol. The fourth-order valence-corrected chi connectivity index (χ4v) is 7.31. The van der Waals surface area contributed by atoms with Crippen LogP contribution in [0.4, 0.5) is 0 Å². The van der Waals surface area contributed by atoms with Crippen molar-refractivity contribution in [2.75, 3.05) is 6.61 Å². The minimum Gasteiger partial charge on any atom is -0.463 e. The summed E-state index contributed by atoms with van der Waals surface area (Å²) >= 11 is 0. The second kappa shape index (κ2) is 21.9. The molecule has 0 radical (unpaired) electrons. The maximum absolute atomic E-state index is 12.5. The minimum atomic E-state index is -2.56. The molecule has 0 saturated carbocycles. The van der Waals surface area contributed by atoms with Crippen LogP contribution in [0.15, 0.2) is 65.8 Å². The largest absolute Gasteiger partial charge is 0.463 e. The molecule has 0 amide bonds. The lowest BCUT2D eigenvalue weighted by atomic mass is 9.95. The highest BCUT2D eigenvalue weighted by Gasteiger charge is 2.55. The second-order valence-corrected chi connectivity index (χ2v) is 19.8. The Balaban J connectivity index is 0.00000281. The molecule has 2 aromatic carbocycles. The number of carbonyl (C=O) groups is 2. The Morgan fingerprint density at radius 2 is 1.37 bits per heavy atom. The van der Waals surface area contributed by atoms with Crippen molar-refractivity contribution in [3.05, 3.63) is 82.2 Å². The van der Waals surface area contributed by atoms with E-state index in [0.29, 0.717) is 0 Å². The predicted octanol–water partition coefficient (Wildman–Crippen LogP) is 6.01. The van der Waals surface area contributed by atoms with Crippen LogP contribution in [0, 0.1) is 5.41 Å². The molecule has 0 aromatic heterocycles. The Morgan fingerprint density at radius 3 is 1.84 bits per heavy atom. The normalized spacial score (nSPS) is 27.3. The lowest BCUT2D eigenvalue weighted by Crippen LogP contribution is -2.66. The third-order valence-electron chi connectivity index (χ3n) is 9.67. The summed E-state index contributed by atoms with van der Waals surface area (Å²) in [6, 6.07) is 17.8. The molecule has 2 aliphatic rings. The summed E-state index contributed by atoms with van der Waals surface area (Å²) in [6.45, 7) is 16.2. The number of esters is 2. The monoisotopic (exact) mass is 814 g/mol. The van der Waals surface area contributed by atoms with Crippen LogP contribution in [0.25, 0.3) is 10.4 Å². The van der Waals surface area contributed by atoms with Gasteiger partial charge in [-0.2, -0.15) is 9.59 Å². The molecule has 0 spiro atoms. The topological polar surface area (TPSA) is 224 Å². The first kappa shape index (κ1) is 46.9. The van der Waals surface area contributed by atoms with E-state index in [-0.39, 0.29) is 36.9 Å². The van der Waals surface area contributed by atoms with Crippen LogP contribution in [0.3, 0.4) is 0 Å². The maximum atomic E-state index is 12.5. The summed E-state index contributed by atoms with van der Waals surface area (Å²) in [5, 5.41) is 11.9. The molecule has 17 nitrogen and oxygen atoms in total. The van der Waals surface area contributed by atoms with Gasteiger partial charge >= 0.3 is 18.1 Å². The number of nitrogens with one attached hydrogen (secondary N) is 1. The van der Waals surface area contributed by atoms with E-state index in [2.05, 4.69) is 43.9 Å². The standard InChI is InChI=1S/C38H54N4O11Si.CO2/c1-23-31(34(47-21-28-18-14-11-15-19-28)35(50-26(4)44)37(48-23)49-24(2)39)52-36-30(41-42-40)33(46-20-27-16-12-10-13-17-27)32(29(51-36)22-45-25(3)43)53-54(8,9)38(5,6)7;2-1-3/h10-19,23,29-37,39H,20-22H2,1-9H3;/t23?,29?,30-,31+,32-,33?,34?,35-,36-,37-;/m0./s1. The van der Waals surface area contributed by atoms with Crippen molar-refractivity contribution in [2.45, 2.75) is 141 Å². The highest BCUT2D eigenvalue weighted by molar-refractivity contribution is 6.74. The van der Waals surface area contributed by atoms with E-state index in [1.54, 1.807) is 6.92 Å². The number of nitrogens with zero attached hydrogens (tertiary/aromatic N) is 3. The van der Waals surface area contributed by atoms with E-state index in [9.17, 15) is 15.1 Å². The van der Waals surface area contributed by atoms with E-state index in [0.717, 1.165) is 11.1 Å². The lowest BCUT2D eigenvalue weighted by Gasteiger charge is -2.51. The fourth-order valence-electron chi connectivity index (χ4n) is 5.99. The van der Waals surface area contributed by atoms with Gasteiger partial charge in [-0.1, -0.05) is 86.5 Å². The number of ether oxygens (including phenoxy) is 8. The Labute approximate surface area is 333 Å². The quantitative estimate of drug-likeness (QED) is 0.0414. The third-order valence-corrected chi connectivity index (χ3v) is 14.1. The Hall–Kier alpha value is -4.48. The van der Waals surface area contributed by atoms with Gasteiger partial charge in [0.25, 0.3) is 0 Å². The summed E-state index contributed by atoms with van der Waals surface area (Å²) in [4.78, 5) is 44.1. The maximum Gasteiger partial charge on any atom is 0.373 e. The minimum absolute atomic E-state index is 0.0950. The zero-order valence-electron chi connectivity index (χ0n) is 33.8. The zero-order chi connectivity index (χ0) is 42.3. The van der Waals surface area contributed by atoms with E-state index in [4.69, 9.17) is 57.3 Å². The molecule has 0 aliphatic carbocycles. The van der Waals surface area contributed by atoms with Crippen molar-refractivity contribution >= 4 is 32.3 Å². The smallest absolute Gasteiger partial charge is 0.373 e. The van der Waals surface area contributed by atoms with Crippen LogP contribution in [-0.4, -0.2) is 100 Å². The summed E-state index contributed by atoms with van der Waals surface area (Å²) < 4.78 is 56.5. The van der Waals surface area contributed by atoms with E-state index >= 15 is 0 Å². The summed E-state index contributed by atoms with van der Waals surface area (Å²) in [5.41, 5.74) is 11.7. The van der Waals surface area contributed by atoms with Crippen molar-refractivity contribution in [1.29, 1.82) is 5.41 Å². The van der Waals surface area contributed by atoms with Crippen molar-refractivity contribution < 1.29 is 61.5 Å². The van der Waals surface area contributed by atoms with Crippen molar-refractivity contribution in [2.24, 2.45) is 5.11 Å². The molecule has 57 heavy (non-hydrogen) atoms. The van der Waals surface area contributed by atoms with Gasteiger partial charge in [0.15, 0.2) is 26.6 Å². The molecule has 2 saturated heterocycles. The number of azide groups is 1. The van der Waals surface area contributed by atoms with Gasteiger partial charge in [0.2, 0.25) is 6.29 Å². The number of benzene rings is 2. The molecule has 4 unspecified atom stereocenters. The summed E-state index contributed by atoms with van der Waals surface area (Å²) in [5.74, 6) is -1.32. The van der Waals surface area contributed by atoms with Crippen LogP contribution < -0.4 is 0 Å². The van der Waals surface area contributed by atoms with Crippen LogP contribution in [0.2, 0.25) is 18.1 Å². The van der Waals surface area contributed by atoms with Crippen molar-refractivity contribution in [1.82, 2.24) is 0 Å². The summed E-state index contributed by atoms with van der Waals surface area (Å²) in [6.07, 6.45) is -9.04. The Bertz CT molecular complexity index is 1680. The van der Waals surface area contributed by atoms with Crippen LogP contribution in [0.5, 0.6) is 0 Å². The van der Waals surface area contributed by atoms with Gasteiger partial charge in [0.05, 0.1) is 25.4 Å². The van der Waals surface area contributed by atoms with Gasteiger partial charge in [-0.3, -0.25) is 15.0 Å². The first-order chi connectivity index (χ1) is 26.9. The molecule has 2 aromatic rings. The van der Waals surface area contributed by atoms with Gasteiger partial charge in [-0.15, -0.1) is 0 Å². The van der Waals surface area contributed by atoms with Crippen LogP contribution in [0.1, 0.15) is 59.6 Å². The molecular formula is C39H54N4O13Si. The Kier molecular flexibility index (Phi) is 18.0. The first-order valence-corrected chi connectivity index (χ1v) is 21.3. The van der Waals surface area contributed by atoms with Crippen molar-refractivity contribution in [3.8, 4) is 0 Å². The van der Waals surface area contributed by atoms with E-state index in [1.165, 1.54) is 20.8 Å². The third kappa shape index (κ3) is 13.8. The molecule has 18 heteroatoms. The fraction of sp³-hybridized carbons (Fsp3) is 0.590. The highest BCUT2D eigenvalue weighted by Crippen LogP contribution is 2.41. The average Bonchev–Trinajstić information content (AvgIpc) is 3.13.